The van der Waals surface area contributed by atoms with Crippen LogP contribution in [0.3, 0.4) is 0 Å². The molecule has 1 fully saturated rings. The van der Waals surface area contributed by atoms with Gasteiger partial charge in [0.1, 0.15) is 0 Å². The molecule has 1 aromatic carbocycles. The van der Waals surface area contributed by atoms with E-state index < -0.39 is 0 Å². The highest BCUT2D eigenvalue weighted by molar-refractivity contribution is 7.99. The van der Waals surface area contributed by atoms with Crippen molar-refractivity contribution < 1.29 is 4.79 Å². The molecule has 1 unspecified atom stereocenters. The first-order valence-electron chi connectivity index (χ1n) is 5.88. The van der Waals surface area contributed by atoms with Crippen molar-refractivity contribution in [2.24, 2.45) is 0 Å². The van der Waals surface area contributed by atoms with Crippen LogP contribution in [0.25, 0.3) is 10.9 Å². The second kappa shape index (κ2) is 4.99. The number of benzene rings is 1. The first-order valence-corrected chi connectivity index (χ1v) is 7.03. The van der Waals surface area contributed by atoms with Gasteiger partial charge in [-0.1, -0.05) is 0 Å². The molecule has 1 aliphatic heterocycles. The fraction of sp³-hybridized carbons (Fsp3) is 0.333. The number of carbonyl (C=O) groups excluding carboxylic acids is 1. The smallest absolute Gasteiger partial charge is 0.242 e. The Labute approximate surface area is 109 Å². The minimum Gasteiger partial charge on any atom is -0.325 e. The molecule has 1 atom stereocenters. The van der Waals surface area contributed by atoms with Gasteiger partial charge in [-0.25, -0.2) is 0 Å². The summed E-state index contributed by atoms with van der Waals surface area (Å²) in [4.78, 5) is 12.0. The molecule has 1 aliphatic rings. The lowest BCUT2D eigenvalue weighted by molar-refractivity contribution is -0.117. The largest absolute Gasteiger partial charge is 0.325 e. The lowest BCUT2D eigenvalue weighted by Gasteiger charge is -2.22. The van der Waals surface area contributed by atoms with Crippen LogP contribution in [0.1, 0.15) is 0 Å². The van der Waals surface area contributed by atoms with Crippen molar-refractivity contribution in [3.8, 4) is 0 Å². The Morgan fingerprint density at radius 3 is 3.28 bits per heavy atom. The molecule has 1 aromatic heterocycles. The van der Waals surface area contributed by atoms with Crippen molar-refractivity contribution in [2.75, 3.05) is 23.4 Å². The molecule has 18 heavy (non-hydrogen) atoms. The van der Waals surface area contributed by atoms with E-state index in [2.05, 4.69) is 20.8 Å². The maximum atomic E-state index is 12.0. The Bertz CT molecular complexity index is 562. The number of carbonyl (C=O) groups is 1. The zero-order valence-corrected chi connectivity index (χ0v) is 10.6. The number of hydrogen-bond acceptors (Lipinski definition) is 4. The Kier molecular flexibility index (Phi) is 3.21. The van der Waals surface area contributed by atoms with Crippen LogP contribution in [0.15, 0.2) is 24.4 Å². The molecule has 5 nitrogen and oxygen atoms in total. The summed E-state index contributed by atoms with van der Waals surface area (Å²) in [5, 5.41) is 14.0. The molecule has 94 valence electrons. The van der Waals surface area contributed by atoms with Gasteiger partial charge in [-0.2, -0.15) is 16.9 Å². The molecule has 2 heterocycles. The van der Waals surface area contributed by atoms with Crippen LogP contribution in [0.2, 0.25) is 0 Å². The van der Waals surface area contributed by atoms with Crippen LogP contribution in [0.4, 0.5) is 5.69 Å². The Balaban J connectivity index is 1.72. The van der Waals surface area contributed by atoms with Gasteiger partial charge in [0.25, 0.3) is 0 Å². The van der Waals surface area contributed by atoms with Gasteiger partial charge in [0.15, 0.2) is 0 Å². The van der Waals surface area contributed by atoms with Crippen molar-refractivity contribution in [1.29, 1.82) is 0 Å². The van der Waals surface area contributed by atoms with Crippen LogP contribution < -0.4 is 10.6 Å². The number of fused-ring (bicyclic) bond motifs is 1. The van der Waals surface area contributed by atoms with Gasteiger partial charge in [-0.05, 0) is 18.2 Å². The van der Waals surface area contributed by atoms with Crippen LogP contribution >= 0.6 is 11.8 Å². The van der Waals surface area contributed by atoms with Crippen LogP contribution in [-0.2, 0) is 4.79 Å². The normalized spacial score (nSPS) is 19.9. The third kappa shape index (κ3) is 2.34. The van der Waals surface area contributed by atoms with Crippen LogP contribution in [0.5, 0.6) is 0 Å². The molecule has 2 aromatic rings. The Hall–Kier alpha value is -1.53. The van der Waals surface area contributed by atoms with Gasteiger partial charge >= 0.3 is 0 Å². The highest BCUT2D eigenvalue weighted by atomic mass is 32.2. The zero-order chi connectivity index (χ0) is 12.4. The summed E-state index contributed by atoms with van der Waals surface area (Å²) in [6.07, 6.45) is 1.76. The summed E-state index contributed by atoms with van der Waals surface area (Å²) in [6, 6.07) is 5.64. The van der Waals surface area contributed by atoms with E-state index in [1.807, 2.05) is 18.2 Å². The molecule has 1 amide bonds. The average molecular weight is 262 g/mol. The SMILES string of the molecule is O=C(Nc1ccc2cn[nH]c2c1)C1CSCCN1. The van der Waals surface area contributed by atoms with E-state index in [-0.39, 0.29) is 11.9 Å². The summed E-state index contributed by atoms with van der Waals surface area (Å²) < 4.78 is 0. The highest BCUT2D eigenvalue weighted by Gasteiger charge is 2.20. The van der Waals surface area contributed by atoms with Gasteiger partial charge in [-0.15, -0.1) is 0 Å². The van der Waals surface area contributed by atoms with E-state index >= 15 is 0 Å². The first-order chi connectivity index (χ1) is 8.83. The summed E-state index contributed by atoms with van der Waals surface area (Å²) in [7, 11) is 0. The summed E-state index contributed by atoms with van der Waals surface area (Å²) in [5.74, 6) is 1.93. The van der Waals surface area contributed by atoms with Crippen molar-refractivity contribution in [1.82, 2.24) is 15.5 Å². The van der Waals surface area contributed by atoms with E-state index in [0.29, 0.717) is 0 Å². The third-order valence-corrected chi connectivity index (χ3v) is 4.01. The number of nitrogens with zero attached hydrogens (tertiary/aromatic N) is 1. The van der Waals surface area contributed by atoms with Gasteiger partial charge < -0.3 is 10.6 Å². The van der Waals surface area contributed by atoms with Crippen molar-refractivity contribution >= 4 is 34.3 Å². The summed E-state index contributed by atoms with van der Waals surface area (Å²) in [5.41, 5.74) is 1.73. The first kappa shape index (κ1) is 11.6. The van der Waals surface area contributed by atoms with Gasteiger partial charge in [0.2, 0.25) is 5.91 Å². The molecule has 0 bridgehead atoms. The number of anilines is 1. The molecule has 3 N–H and O–H groups in total. The number of aromatic nitrogens is 2. The zero-order valence-electron chi connectivity index (χ0n) is 9.77. The predicted octanol–water partition coefficient (Wildman–Crippen LogP) is 1.21. The molecular weight excluding hydrogens is 248 g/mol. The van der Waals surface area contributed by atoms with Crippen molar-refractivity contribution in [3.63, 3.8) is 0 Å². The number of amides is 1. The minimum atomic E-state index is -0.0961. The van der Waals surface area contributed by atoms with Crippen molar-refractivity contribution in [2.45, 2.75) is 6.04 Å². The number of aromatic amines is 1. The monoisotopic (exact) mass is 262 g/mol. The minimum absolute atomic E-state index is 0.0288. The Morgan fingerprint density at radius 2 is 2.44 bits per heavy atom. The average Bonchev–Trinajstić information content (AvgIpc) is 2.87. The van der Waals surface area contributed by atoms with E-state index in [4.69, 9.17) is 0 Å². The maximum absolute atomic E-state index is 12.0. The second-order valence-corrected chi connectivity index (χ2v) is 5.39. The highest BCUT2D eigenvalue weighted by Crippen LogP contribution is 2.17. The van der Waals surface area contributed by atoms with E-state index in [1.165, 1.54) is 0 Å². The van der Waals surface area contributed by atoms with Gasteiger partial charge in [0, 0.05) is 29.1 Å². The number of thioether (sulfide) groups is 1. The molecule has 0 spiro atoms. The molecule has 6 heteroatoms. The van der Waals surface area contributed by atoms with Crippen LogP contribution in [0, 0.1) is 0 Å². The van der Waals surface area contributed by atoms with Crippen molar-refractivity contribution in [3.05, 3.63) is 24.4 Å². The fourth-order valence-electron chi connectivity index (χ4n) is 1.98. The molecule has 1 saturated heterocycles. The van der Waals surface area contributed by atoms with Crippen LogP contribution in [-0.4, -0.2) is 40.2 Å². The second-order valence-electron chi connectivity index (χ2n) is 4.24. The number of hydrogen-bond donors (Lipinski definition) is 3. The summed E-state index contributed by atoms with van der Waals surface area (Å²) in [6.45, 7) is 0.891. The third-order valence-electron chi connectivity index (χ3n) is 2.95. The maximum Gasteiger partial charge on any atom is 0.242 e. The lowest BCUT2D eigenvalue weighted by atomic mass is 10.2. The number of rotatable bonds is 2. The lowest BCUT2D eigenvalue weighted by Crippen LogP contribution is -2.46. The van der Waals surface area contributed by atoms with E-state index in [1.54, 1.807) is 18.0 Å². The molecule has 3 rings (SSSR count). The topological polar surface area (TPSA) is 69.8 Å². The van der Waals surface area contributed by atoms with E-state index in [0.717, 1.165) is 34.6 Å². The van der Waals surface area contributed by atoms with Gasteiger partial charge in [-0.3, -0.25) is 9.89 Å². The molecule has 0 saturated carbocycles. The standard InChI is InChI=1S/C12H14N4OS/c17-12(11-7-18-4-3-13-11)15-9-2-1-8-6-14-16-10(8)5-9/h1-2,5-6,11,13H,3-4,7H2,(H,14,16)(H,15,17). The van der Waals surface area contributed by atoms with Gasteiger partial charge in [0.05, 0.1) is 17.8 Å². The quantitative estimate of drug-likeness (QED) is 0.761. The molecule has 0 aliphatic carbocycles. The fourth-order valence-corrected chi connectivity index (χ4v) is 2.91. The predicted molar refractivity (Wildman–Crippen MR) is 73.8 cm³/mol. The summed E-state index contributed by atoms with van der Waals surface area (Å²) >= 11 is 1.81. The molecular formula is C12H14N4OS. The Morgan fingerprint density at radius 1 is 1.50 bits per heavy atom. The number of nitrogens with one attached hydrogen (secondary N) is 3. The van der Waals surface area contributed by atoms with E-state index in [9.17, 15) is 4.79 Å². The number of H-pyrrole nitrogens is 1. The molecule has 0 radical (unpaired) electrons.